The third-order valence-corrected chi connectivity index (χ3v) is 7.41. The topological polar surface area (TPSA) is 128 Å². The van der Waals surface area contributed by atoms with Gasteiger partial charge in [0.1, 0.15) is 17.7 Å². The quantitative estimate of drug-likeness (QED) is 0.267. The number of amidine groups is 1. The van der Waals surface area contributed by atoms with E-state index in [0.29, 0.717) is 30.5 Å². The molecular weight excluding hydrogens is 493 g/mol. The maximum absolute atomic E-state index is 13.2. The first kappa shape index (κ1) is 26.0. The molecule has 0 unspecified atom stereocenters. The van der Waals surface area contributed by atoms with Gasteiger partial charge in [-0.3, -0.25) is 19.8 Å². The molecule has 1 aliphatic rings. The van der Waals surface area contributed by atoms with E-state index in [2.05, 4.69) is 10.6 Å². The van der Waals surface area contributed by atoms with Crippen LogP contribution in [-0.4, -0.2) is 47.6 Å². The number of nitrogens with zero attached hydrogens (tertiary/aromatic N) is 1. The lowest BCUT2D eigenvalue weighted by Crippen LogP contribution is -2.49. The predicted molar refractivity (Wildman–Crippen MR) is 141 cm³/mol. The van der Waals surface area contributed by atoms with Crippen LogP contribution in [0.15, 0.2) is 60.0 Å². The summed E-state index contributed by atoms with van der Waals surface area (Å²) in [5.74, 6) is -1.37. The molecule has 10 heteroatoms. The second-order valence-electron chi connectivity index (χ2n) is 8.90. The van der Waals surface area contributed by atoms with E-state index in [9.17, 15) is 18.8 Å². The molecule has 1 fully saturated rings. The summed E-state index contributed by atoms with van der Waals surface area (Å²) < 4.78 is 13.2. The minimum atomic E-state index is -0.610. The third-order valence-electron chi connectivity index (χ3n) is 6.29. The number of carbonyl (C=O) groups excluding carboxylic acids is 3. The van der Waals surface area contributed by atoms with E-state index >= 15 is 0 Å². The fourth-order valence-electron chi connectivity index (χ4n) is 4.28. The SMILES string of the molecule is C[C@@H](NC(=O)[C@@H]1CCCN1C(=O)CNC(=O)c1cccc(-c2ccc(F)cc2)c1)c1cc(C(=N)N)cs1. The maximum atomic E-state index is 13.2. The summed E-state index contributed by atoms with van der Waals surface area (Å²) in [4.78, 5) is 41.0. The Kier molecular flexibility index (Phi) is 7.98. The van der Waals surface area contributed by atoms with Crippen molar-refractivity contribution < 1.29 is 18.8 Å². The summed E-state index contributed by atoms with van der Waals surface area (Å²) in [6.45, 7) is 2.05. The van der Waals surface area contributed by atoms with Crippen LogP contribution in [0, 0.1) is 11.2 Å². The molecule has 3 aromatic rings. The van der Waals surface area contributed by atoms with Crippen LogP contribution in [0.1, 0.15) is 46.6 Å². The van der Waals surface area contributed by atoms with Gasteiger partial charge in [-0.1, -0.05) is 24.3 Å². The number of nitrogens with one attached hydrogen (secondary N) is 3. The van der Waals surface area contributed by atoms with E-state index < -0.39 is 11.9 Å². The van der Waals surface area contributed by atoms with Gasteiger partial charge in [-0.05, 0) is 61.2 Å². The number of rotatable bonds is 8. The van der Waals surface area contributed by atoms with Crippen molar-refractivity contribution in [2.45, 2.75) is 31.8 Å². The number of nitrogen functional groups attached to an aromatic ring is 1. The lowest BCUT2D eigenvalue weighted by Gasteiger charge is -2.25. The molecule has 0 aliphatic carbocycles. The van der Waals surface area contributed by atoms with Crippen LogP contribution >= 0.6 is 11.3 Å². The molecule has 1 aromatic heterocycles. The van der Waals surface area contributed by atoms with Crippen molar-refractivity contribution in [1.82, 2.24) is 15.5 Å². The number of amides is 3. The highest BCUT2D eigenvalue weighted by molar-refractivity contribution is 7.10. The van der Waals surface area contributed by atoms with Gasteiger partial charge in [-0.15, -0.1) is 11.3 Å². The number of halogens is 1. The minimum absolute atomic E-state index is 0.0298. The van der Waals surface area contributed by atoms with E-state index in [0.717, 1.165) is 16.0 Å². The fourth-order valence-corrected chi connectivity index (χ4v) is 5.20. The number of hydrogen-bond donors (Lipinski definition) is 4. The molecule has 37 heavy (non-hydrogen) atoms. The zero-order chi connectivity index (χ0) is 26.5. The zero-order valence-electron chi connectivity index (χ0n) is 20.3. The molecule has 1 saturated heterocycles. The molecule has 0 spiro atoms. The largest absolute Gasteiger partial charge is 0.384 e. The third kappa shape index (κ3) is 6.21. The Morgan fingerprint density at radius 3 is 2.59 bits per heavy atom. The van der Waals surface area contributed by atoms with E-state index in [4.69, 9.17) is 11.1 Å². The Hall–Kier alpha value is -4.05. The molecule has 0 saturated carbocycles. The maximum Gasteiger partial charge on any atom is 0.251 e. The van der Waals surface area contributed by atoms with Crippen LogP contribution in [0.4, 0.5) is 4.39 Å². The van der Waals surface area contributed by atoms with Crippen LogP contribution in [-0.2, 0) is 9.59 Å². The van der Waals surface area contributed by atoms with Gasteiger partial charge in [-0.2, -0.15) is 0 Å². The Morgan fingerprint density at radius 2 is 1.89 bits per heavy atom. The first-order valence-electron chi connectivity index (χ1n) is 11.9. The average Bonchev–Trinajstić information content (AvgIpc) is 3.58. The summed E-state index contributed by atoms with van der Waals surface area (Å²) in [6, 6.07) is 13.7. The monoisotopic (exact) mass is 521 g/mol. The molecule has 4 rings (SSSR count). The summed E-state index contributed by atoms with van der Waals surface area (Å²) in [7, 11) is 0. The first-order valence-corrected chi connectivity index (χ1v) is 12.8. The summed E-state index contributed by atoms with van der Waals surface area (Å²) in [5, 5.41) is 14.9. The zero-order valence-corrected chi connectivity index (χ0v) is 21.1. The van der Waals surface area contributed by atoms with E-state index in [1.54, 1.807) is 41.8 Å². The summed E-state index contributed by atoms with van der Waals surface area (Å²) >= 11 is 1.41. The van der Waals surface area contributed by atoms with Crippen molar-refractivity contribution in [2.24, 2.45) is 5.73 Å². The van der Waals surface area contributed by atoms with Gasteiger partial charge < -0.3 is 21.3 Å². The molecule has 0 radical (unpaired) electrons. The molecule has 192 valence electrons. The summed E-state index contributed by atoms with van der Waals surface area (Å²) in [5.41, 5.74) is 8.03. The van der Waals surface area contributed by atoms with Crippen LogP contribution in [0.2, 0.25) is 0 Å². The van der Waals surface area contributed by atoms with Crippen LogP contribution < -0.4 is 16.4 Å². The molecule has 5 N–H and O–H groups in total. The van der Waals surface area contributed by atoms with Crippen LogP contribution in [0.3, 0.4) is 0 Å². The Morgan fingerprint density at radius 1 is 1.14 bits per heavy atom. The van der Waals surface area contributed by atoms with E-state index in [1.807, 2.05) is 13.0 Å². The van der Waals surface area contributed by atoms with Gasteiger partial charge in [0, 0.05) is 27.9 Å². The molecule has 1 aliphatic heterocycles. The van der Waals surface area contributed by atoms with Crippen molar-refractivity contribution in [2.75, 3.05) is 13.1 Å². The number of nitrogens with two attached hydrogens (primary N) is 1. The smallest absolute Gasteiger partial charge is 0.251 e. The fraction of sp³-hybridized carbons (Fsp3) is 0.259. The molecule has 8 nitrogen and oxygen atoms in total. The number of carbonyl (C=O) groups is 3. The number of benzene rings is 2. The summed E-state index contributed by atoms with van der Waals surface area (Å²) in [6.07, 6.45) is 1.24. The normalized spacial score (nSPS) is 15.7. The standard InChI is InChI=1S/C27H28FN5O3S/c1-16(23-13-20(15-37-23)25(29)30)32-27(36)22-6-3-11-33(22)24(34)14-31-26(35)19-5-2-4-18(12-19)17-7-9-21(28)10-8-17/h2,4-5,7-10,12-13,15-16,22H,3,6,11,14H2,1H3,(H3,29,30)(H,31,35)(H,32,36)/t16-,22+/m1/s1. The highest BCUT2D eigenvalue weighted by atomic mass is 32.1. The highest BCUT2D eigenvalue weighted by Crippen LogP contribution is 2.24. The molecule has 2 aromatic carbocycles. The Labute approximate surface area is 218 Å². The lowest BCUT2D eigenvalue weighted by atomic mass is 10.0. The van der Waals surface area contributed by atoms with Gasteiger partial charge in [0.2, 0.25) is 11.8 Å². The van der Waals surface area contributed by atoms with E-state index in [-0.39, 0.29) is 36.1 Å². The van der Waals surface area contributed by atoms with Gasteiger partial charge in [-0.25, -0.2) is 4.39 Å². The van der Waals surface area contributed by atoms with E-state index in [1.165, 1.54) is 28.4 Å². The molecule has 0 bridgehead atoms. The second kappa shape index (κ2) is 11.3. The van der Waals surface area contributed by atoms with Gasteiger partial charge >= 0.3 is 0 Å². The average molecular weight is 522 g/mol. The van der Waals surface area contributed by atoms with Crippen molar-refractivity contribution >= 4 is 34.9 Å². The molecule has 2 atom stereocenters. The van der Waals surface area contributed by atoms with Crippen LogP contribution in [0.25, 0.3) is 11.1 Å². The van der Waals surface area contributed by atoms with Crippen molar-refractivity contribution in [3.8, 4) is 11.1 Å². The predicted octanol–water partition coefficient (Wildman–Crippen LogP) is 3.44. The minimum Gasteiger partial charge on any atom is -0.384 e. The molecule has 3 amide bonds. The van der Waals surface area contributed by atoms with Crippen molar-refractivity contribution in [3.63, 3.8) is 0 Å². The molecule has 2 heterocycles. The van der Waals surface area contributed by atoms with Crippen molar-refractivity contribution in [3.05, 3.63) is 81.8 Å². The van der Waals surface area contributed by atoms with Crippen molar-refractivity contribution in [1.29, 1.82) is 5.41 Å². The lowest BCUT2D eigenvalue weighted by molar-refractivity contribution is -0.137. The number of likely N-dealkylation sites (tertiary alicyclic amines) is 1. The number of thiophene rings is 1. The first-order chi connectivity index (χ1) is 17.7. The van der Waals surface area contributed by atoms with Gasteiger partial charge in [0.05, 0.1) is 12.6 Å². The van der Waals surface area contributed by atoms with Gasteiger partial charge in [0.25, 0.3) is 5.91 Å². The van der Waals surface area contributed by atoms with Gasteiger partial charge in [0.15, 0.2) is 0 Å². The number of hydrogen-bond acceptors (Lipinski definition) is 5. The Balaban J connectivity index is 1.34. The Bertz CT molecular complexity index is 1320. The van der Waals surface area contributed by atoms with Crippen LogP contribution in [0.5, 0.6) is 0 Å². The highest BCUT2D eigenvalue weighted by Gasteiger charge is 2.34. The molecular formula is C27H28FN5O3S. The second-order valence-corrected chi connectivity index (χ2v) is 9.84.